The number of ketones is 1. The fraction of sp³-hybridized carbons (Fsp3) is 0.133. The molecular weight excluding hydrogens is 267 g/mol. The van der Waals surface area contributed by atoms with Gasteiger partial charge in [0.25, 0.3) is 0 Å². The minimum Gasteiger partial charge on any atom is -0.489 e. The lowest BCUT2D eigenvalue weighted by Crippen LogP contribution is -1.98. The number of Topliss-reactive ketones (excluding diaryl/α,β-unsaturated/α-hetero) is 1. The van der Waals surface area contributed by atoms with E-state index in [2.05, 4.69) is 0 Å². The first-order valence-corrected chi connectivity index (χ1v) is 6.12. The molecule has 0 N–H and O–H groups in total. The Hall–Kier alpha value is -1.87. The summed E-state index contributed by atoms with van der Waals surface area (Å²) >= 11 is 5.83. The van der Waals surface area contributed by atoms with E-state index < -0.39 is 5.82 Å². The first kappa shape index (κ1) is 13.6. The molecule has 98 valence electrons. The molecule has 2 aromatic rings. The largest absolute Gasteiger partial charge is 0.489 e. The average molecular weight is 279 g/mol. The molecule has 0 saturated heterocycles. The zero-order valence-electron chi connectivity index (χ0n) is 10.3. The Morgan fingerprint density at radius 3 is 2.53 bits per heavy atom. The maximum absolute atomic E-state index is 13.2. The lowest BCUT2D eigenvalue weighted by Gasteiger charge is -2.08. The maximum atomic E-state index is 13.2. The lowest BCUT2D eigenvalue weighted by molar-refractivity contribution is 0.101. The molecule has 0 amide bonds. The van der Waals surface area contributed by atoms with Crippen molar-refractivity contribution in [3.05, 3.63) is 64.4 Å². The second-order valence-electron chi connectivity index (χ2n) is 4.08. The van der Waals surface area contributed by atoms with Crippen LogP contribution < -0.4 is 4.74 Å². The van der Waals surface area contributed by atoms with Gasteiger partial charge >= 0.3 is 0 Å². The second-order valence-corrected chi connectivity index (χ2v) is 4.46. The van der Waals surface area contributed by atoms with Crippen molar-refractivity contribution >= 4 is 17.4 Å². The lowest BCUT2D eigenvalue weighted by atomic mass is 10.1. The third kappa shape index (κ3) is 3.32. The molecule has 0 atom stereocenters. The Balaban J connectivity index is 2.06. The Kier molecular flexibility index (Phi) is 4.17. The van der Waals surface area contributed by atoms with E-state index in [0.717, 1.165) is 0 Å². The quantitative estimate of drug-likeness (QED) is 0.781. The van der Waals surface area contributed by atoms with Crippen molar-refractivity contribution in [2.45, 2.75) is 13.5 Å². The van der Waals surface area contributed by atoms with Crippen molar-refractivity contribution in [1.29, 1.82) is 0 Å². The minimum atomic E-state index is -0.463. The van der Waals surface area contributed by atoms with Crippen LogP contribution in [-0.2, 0) is 6.61 Å². The summed E-state index contributed by atoms with van der Waals surface area (Å²) in [6.07, 6.45) is 0. The van der Waals surface area contributed by atoms with E-state index in [4.69, 9.17) is 16.3 Å². The highest BCUT2D eigenvalue weighted by molar-refractivity contribution is 6.31. The molecule has 19 heavy (non-hydrogen) atoms. The number of halogens is 2. The summed E-state index contributed by atoms with van der Waals surface area (Å²) in [7, 11) is 0. The molecule has 4 heteroatoms. The molecule has 0 aromatic heterocycles. The van der Waals surface area contributed by atoms with E-state index in [1.54, 1.807) is 36.4 Å². The molecule has 0 aliphatic rings. The Morgan fingerprint density at radius 2 is 1.89 bits per heavy atom. The third-order valence-electron chi connectivity index (χ3n) is 2.69. The first-order valence-electron chi connectivity index (χ1n) is 5.74. The van der Waals surface area contributed by atoms with E-state index in [0.29, 0.717) is 16.9 Å². The van der Waals surface area contributed by atoms with E-state index in [9.17, 15) is 9.18 Å². The molecule has 0 saturated carbocycles. The number of benzene rings is 2. The number of ether oxygens (including phenoxy) is 1. The van der Waals surface area contributed by atoms with Crippen LogP contribution in [0.2, 0.25) is 5.02 Å². The van der Waals surface area contributed by atoms with E-state index in [1.807, 2.05) is 0 Å². The molecule has 0 fully saturated rings. The number of rotatable bonds is 4. The average Bonchev–Trinajstić information content (AvgIpc) is 2.41. The highest BCUT2D eigenvalue weighted by atomic mass is 35.5. The Labute approximate surface area is 115 Å². The number of carbonyl (C=O) groups excluding carboxylic acids is 1. The van der Waals surface area contributed by atoms with Crippen LogP contribution in [0.15, 0.2) is 42.5 Å². The molecule has 0 radical (unpaired) electrons. The summed E-state index contributed by atoms with van der Waals surface area (Å²) in [5.41, 5.74) is 1.20. The van der Waals surface area contributed by atoms with Gasteiger partial charge in [0.1, 0.15) is 18.2 Å². The maximum Gasteiger partial charge on any atom is 0.159 e. The van der Waals surface area contributed by atoms with Gasteiger partial charge in [-0.3, -0.25) is 4.79 Å². The number of hydrogen-bond donors (Lipinski definition) is 0. The van der Waals surface area contributed by atoms with Gasteiger partial charge in [0.15, 0.2) is 5.78 Å². The standard InChI is InChI=1S/C15H12ClFO2/c1-10(18)11-5-7-13(8-6-11)19-9-12-3-2-4-14(17)15(12)16/h2-8H,9H2,1H3. The highest BCUT2D eigenvalue weighted by Crippen LogP contribution is 2.22. The van der Waals surface area contributed by atoms with Crippen molar-refractivity contribution in [3.63, 3.8) is 0 Å². The van der Waals surface area contributed by atoms with Crippen LogP contribution in [0.25, 0.3) is 0 Å². The van der Waals surface area contributed by atoms with Crippen LogP contribution in [0.5, 0.6) is 5.75 Å². The third-order valence-corrected chi connectivity index (χ3v) is 3.11. The van der Waals surface area contributed by atoms with Gasteiger partial charge in [-0.25, -0.2) is 4.39 Å². The van der Waals surface area contributed by atoms with Crippen molar-refractivity contribution in [2.24, 2.45) is 0 Å². The molecule has 2 aromatic carbocycles. The molecule has 0 unspecified atom stereocenters. The first-order chi connectivity index (χ1) is 9.08. The Bertz CT molecular complexity index is 594. The monoisotopic (exact) mass is 278 g/mol. The normalized spacial score (nSPS) is 10.3. The summed E-state index contributed by atoms with van der Waals surface area (Å²) in [4.78, 5) is 11.1. The van der Waals surface area contributed by atoms with Gasteiger partial charge in [-0.1, -0.05) is 23.7 Å². The second kappa shape index (κ2) is 5.85. The van der Waals surface area contributed by atoms with E-state index >= 15 is 0 Å². The van der Waals surface area contributed by atoms with Gasteiger partial charge in [0, 0.05) is 11.1 Å². The number of carbonyl (C=O) groups is 1. The zero-order chi connectivity index (χ0) is 13.8. The predicted octanol–water partition coefficient (Wildman–Crippen LogP) is 4.26. The van der Waals surface area contributed by atoms with Gasteiger partial charge in [0.2, 0.25) is 0 Å². The van der Waals surface area contributed by atoms with E-state index in [-0.39, 0.29) is 17.4 Å². The molecule has 0 heterocycles. The molecule has 0 aliphatic carbocycles. The van der Waals surface area contributed by atoms with Gasteiger partial charge in [-0.2, -0.15) is 0 Å². The van der Waals surface area contributed by atoms with Crippen molar-refractivity contribution in [3.8, 4) is 5.75 Å². The van der Waals surface area contributed by atoms with Gasteiger partial charge in [0.05, 0.1) is 5.02 Å². The van der Waals surface area contributed by atoms with Crippen LogP contribution in [0.3, 0.4) is 0 Å². The van der Waals surface area contributed by atoms with Crippen LogP contribution in [-0.4, -0.2) is 5.78 Å². The fourth-order valence-corrected chi connectivity index (χ4v) is 1.79. The van der Waals surface area contributed by atoms with Crippen LogP contribution >= 0.6 is 11.6 Å². The topological polar surface area (TPSA) is 26.3 Å². The molecule has 2 rings (SSSR count). The van der Waals surface area contributed by atoms with Crippen molar-refractivity contribution in [2.75, 3.05) is 0 Å². The van der Waals surface area contributed by atoms with Crippen LogP contribution in [0.4, 0.5) is 4.39 Å². The van der Waals surface area contributed by atoms with E-state index in [1.165, 1.54) is 13.0 Å². The summed E-state index contributed by atoms with van der Waals surface area (Å²) in [5.74, 6) is 0.139. The smallest absolute Gasteiger partial charge is 0.159 e. The van der Waals surface area contributed by atoms with Crippen molar-refractivity contribution < 1.29 is 13.9 Å². The van der Waals surface area contributed by atoms with Gasteiger partial charge in [-0.15, -0.1) is 0 Å². The van der Waals surface area contributed by atoms with Gasteiger partial charge in [-0.05, 0) is 37.3 Å². The molecular formula is C15H12ClFO2. The minimum absolute atomic E-state index is 0.000255. The molecule has 0 spiro atoms. The van der Waals surface area contributed by atoms with Crippen LogP contribution in [0.1, 0.15) is 22.8 Å². The SMILES string of the molecule is CC(=O)c1ccc(OCc2cccc(F)c2Cl)cc1. The molecule has 2 nitrogen and oxygen atoms in total. The van der Waals surface area contributed by atoms with Gasteiger partial charge < -0.3 is 4.74 Å². The zero-order valence-corrected chi connectivity index (χ0v) is 11.1. The molecule has 0 bridgehead atoms. The summed E-state index contributed by atoms with van der Waals surface area (Å²) in [5, 5.41) is 0.0721. The highest BCUT2D eigenvalue weighted by Gasteiger charge is 2.06. The summed E-state index contributed by atoms with van der Waals surface area (Å²) in [6.45, 7) is 1.68. The summed E-state index contributed by atoms with van der Waals surface area (Å²) < 4.78 is 18.7. The molecule has 0 aliphatic heterocycles. The Morgan fingerprint density at radius 1 is 1.21 bits per heavy atom. The fourth-order valence-electron chi connectivity index (χ4n) is 1.61. The predicted molar refractivity (Wildman–Crippen MR) is 72.2 cm³/mol. The number of hydrogen-bond acceptors (Lipinski definition) is 2. The summed E-state index contributed by atoms with van der Waals surface area (Å²) in [6, 6.07) is 11.4. The van der Waals surface area contributed by atoms with Crippen LogP contribution in [0, 0.1) is 5.82 Å². The van der Waals surface area contributed by atoms with Crippen molar-refractivity contribution in [1.82, 2.24) is 0 Å².